The molecule has 1 atom stereocenters. The number of pyridine rings is 1. The van der Waals surface area contributed by atoms with Crippen molar-refractivity contribution in [2.45, 2.75) is 25.6 Å². The number of ether oxygens (including phenoxy) is 2. The van der Waals surface area contributed by atoms with Crippen LogP contribution < -0.4 is 4.74 Å². The van der Waals surface area contributed by atoms with Gasteiger partial charge in [0.15, 0.2) is 0 Å². The van der Waals surface area contributed by atoms with Gasteiger partial charge in [0.25, 0.3) is 0 Å². The fraction of sp³-hybridized carbons (Fsp3) is 0.500. The second-order valence-electron chi connectivity index (χ2n) is 5.64. The molecule has 118 valence electrons. The van der Waals surface area contributed by atoms with Crippen molar-refractivity contribution in [3.63, 3.8) is 0 Å². The molecule has 0 fully saturated rings. The molecule has 2 aromatic heterocycles. The lowest BCUT2D eigenvalue weighted by atomic mass is 10.0. The summed E-state index contributed by atoms with van der Waals surface area (Å²) in [6.07, 6.45) is 4.59. The van der Waals surface area contributed by atoms with Crippen LogP contribution in [0.2, 0.25) is 0 Å². The van der Waals surface area contributed by atoms with E-state index in [-0.39, 0.29) is 0 Å². The standard InChI is InChI=1S/C16H22N4O2/c1-19-11-18-14-9-20(13(10-21-2)7-15(14)19)8-12-5-4-6-17-16(12)22-3/h4-6,11,13H,7-10H2,1-3H3/t13-/m1/s1. The zero-order valence-corrected chi connectivity index (χ0v) is 13.3. The summed E-state index contributed by atoms with van der Waals surface area (Å²) in [6.45, 7) is 2.30. The quantitative estimate of drug-likeness (QED) is 0.835. The predicted molar refractivity (Wildman–Crippen MR) is 82.6 cm³/mol. The van der Waals surface area contributed by atoms with Crippen LogP contribution in [0.15, 0.2) is 24.7 Å². The molecule has 0 radical (unpaired) electrons. The highest BCUT2D eigenvalue weighted by Crippen LogP contribution is 2.26. The monoisotopic (exact) mass is 302 g/mol. The molecule has 0 amide bonds. The molecule has 3 rings (SSSR count). The Labute approximate surface area is 130 Å². The van der Waals surface area contributed by atoms with Gasteiger partial charge < -0.3 is 14.0 Å². The Kier molecular flexibility index (Phi) is 4.40. The smallest absolute Gasteiger partial charge is 0.217 e. The van der Waals surface area contributed by atoms with Crippen LogP contribution >= 0.6 is 0 Å². The molecular formula is C16H22N4O2. The summed E-state index contributed by atoms with van der Waals surface area (Å²) in [5.41, 5.74) is 3.54. The van der Waals surface area contributed by atoms with E-state index in [1.807, 2.05) is 12.4 Å². The molecule has 6 heteroatoms. The molecule has 0 N–H and O–H groups in total. The summed E-state index contributed by atoms with van der Waals surface area (Å²) < 4.78 is 12.9. The number of fused-ring (bicyclic) bond motifs is 1. The molecule has 6 nitrogen and oxygen atoms in total. The summed E-state index contributed by atoms with van der Waals surface area (Å²) in [7, 11) is 5.46. The third kappa shape index (κ3) is 2.84. The van der Waals surface area contributed by atoms with Gasteiger partial charge in [-0.25, -0.2) is 9.97 Å². The van der Waals surface area contributed by atoms with Crippen LogP contribution in [0, 0.1) is 0 Å². The van der Waals surface area contributed by atoms with Crippen molar-refractivity contribution >= 4 is 0 Å². The average Bonchev–Trinajstić information content (AvgIpc) is 2.89. The van der Waals surface area contributed by atoms with Crippen LogP contribution in [-0.2, 0) is 31.3 Å². The first-order valence-electron chi connectivity index (χ1n) is 7.43. The topological polar surface area (TPSA) is 52.4 Å². The van der Waals surface area contributed by atoms with Crippen LogP contribution in [-0.4, -0.2) is 46.3 Å². The maximum absolute atomic E-state index is 5.42. The van der Waals surface area contributed by atoms with Gasteiger partial charge in [-0.05, 0) is 6.07 Å². The number of aryl methyl sites for hydroxylation is 1. The molecule has 0 saturated carbocycles. The van der Waals surface area contributed by atoms with Crippen molar-refractivity contribution in [1.82, 2.24) is 19.4 Å². The van der Waals surface area contributed by atoms with Crippen LogP contribution in [0.3, 0.4) is 0 Å². The Morgan fingerprint density at radius 2 is 2.18 bits per heavy atom. The Morgan fingerprint density at radius 1 is 1.32 bits per heavy atom. The molecule has 0 spiro atoms. The highest BCUT2D eigenvalue weighted by atomic mass is 16.5. The molecule has 0 bridgehead atoms. The van der Waals surface area contributed by atoms with Crippen molar-refractivity contribution in [1.29, 1.82) is 0 Å². The fourth-order valence-corrected chi connectivity index (χ4v) is 3.06. The first-order chi connectivity index (χ1) is 10.7. The Morgan fingerprint density at radius 3 is 2.95 bits per heavy atom. The molecule has 2 aromatic rings. The summed E-state index contributed by atoms with van der Waals surface area (Å²) in [5.74, 6) is 0.686. The number of rotatable bonds is 5. The van der Waals surface area contributed by atoms with Gasteiger partial charge in [-0.3, -0.25) is 4.90 Å². The van der Waals surface area contributed by atoms with Crippen molar-refractivity contribution < 1.29 is 9.47 Å². The molecule has 1 aliphatic rings. The van der Waals surface area contributed by atoms with Gasteiger partial charge in [-0.2, -0.15) is 0 Å². The van der Waals surface area contributed by atoms with Crippen LogP contribution in [0.4, 0.5) is 0 Å². The van der Waals surface area contributed by atoms with Crippen molar-refractivity contribution in [2.24, 2.45) is 7.05 Å². The van der Waals surface area contributed by atoms with Gasteiger partial charge >= 0.3 is 0 Å². The SMILES string of the molecule is COC[C@H]1Cc2c(ncn2C)CN1Cc1cccnc1OC. The van der Waals surface area contributed by atoms with Crippen LogP contribution in [0.1, 0.15) is 17.0 Å². The van der Waals surface area contributed by atoms with Crippen molar-refractivity contribution in [3.05, 3.63) is 41.6 Å². The van der Waals surface area contributed by atoms with E-state index in [4.69, 9.17) is 9.47 Å². The molecule has 1 aliphatic heterocycles. The molecule has 0 aromatic carbocycles. The van der Waals surface area contributed by atoms with E-state index in [0.717, 1.165) is 30.8 Å². The lowest BCUT2D eigenvalue weighted by molar-refractivity contribution is 0.0694. The van der Waals surface area contributed by atoms with Crippen molar-refractivity contribution in [3.8, 4) is 5.88 Å². The lowest BCUT2D eigenvalue weighted by Gasteiger charge is -2.35. The summed E-state index contributed by atoms with van der Waals surface area (Å²) >= 11 is 0. The van der Waals surface area contributed by atoms with Crippen LogP contribution in [0.25, 0.3) is 0 Å². The van der Waals surface area contributed by atoms with Gasteiger partial charge in [-0.15, -0.1) is 0 Å². The zero-order valence-electron chi connectivity index (χ0n) is 13.3. The summed E-state index contributed by atoms with van der Waals surface area (Å²) in [6, 6.07) is 4.33. The predicted octanol–water partition coefficient (Wildman–Crippen LogP) is 1.40. The molecule has 0 aliphatic carbocycles. The summed E-state index contributed by atoms with van der Waals surface area (Å²) in [4.78, 5) is 11.2. The van der Waals surface area contributed by atoms with E-state index in [9.17, 15) is 0 Å². The van der Waals surface area contributed by atoms with Gasteiger partial charge in [0.2, 0.25) is 5.88 Å². The maximum Gasteiger partial charge on any atom is 0.217 e. The second kappa shape index (κ2) is 6.46. The highest BCUT2D eigenvalue weighted by molar-refractivity contribution is 5.26. The van der Waals surface area contributed by atoms with Gasteiger partial charge in [-0.1, -0.05) is 6.07 Å². The number of imidazole rings is 1. The minimum Gasteiger partial charge on any atom is -0.481 e. The largest absolute Gasteiger partial charge is 0.481 e. The fourth-order valence-electron chi connectivity index (χ4n) is 3.06. The second-order valence-corrected chi connectivity index (χ2v) is 5.64. The third-order valence-corrected chi connectivity index (χ3v) is 4.22. The Bertz CT molecular complexity index is 641. The number of hydrogen-bond donors (Lipinski definition) is 0. The van der Waals surface area contributed by atoms with E-state index < -0.39 is 0 Å². The summed E-state index contributed by atoms with van der Waals surface area (Å²) in [5, 5.41) is 0. The van der Waals surface area contributed by atoms with Gasteiger partial charge in [0, 0.05) is 57.2 Å². The lowest BCUT2D eigenvalue weighted by Crippen LogP contribution is -2.43. The van der Waals surface area contributed by atoms with Crippen molar-refractivity contribution in [2.75, 3.05) is 20.8 Å². The zero-order chi connectivity index (χ0) is 15.5. The van der Waals surface area contributed by atoms with Gasteiger partial charge in [0.05, 0.1) is 25.7 Å². The minimum atomic E-state index is 0.331. The van der Waals surface area contributed by atoms with E-state index in [1.165, 1.54) is 5.69 Å². The van der Waals surface area contributed by atoms with E-state index in [0.29, 0.717) is 18.5 Å². The molecule has 0 saturated heterocycles. The average molecular weight is 302 g/mol. The normalized spacial score (nSPS) is 18.2. The van der Waals surface area contributed by atoms with E-state index in [1.54, 1.807) is 20.4 Å². The van der Waals surface area contributed by atoms with E-state index >= 15 is 0 Å². The minimum absolute atomic E-state index is 0.331. The Hall–Kier alpha value is -1.92. The molecule has 3 heterocycles. The first-order valence-corrected chi connectivity index (χ1v) is 7.43. The molecular weight excluding hydrogens is 280 g/mol. The number of aromatic nitrogens is 3. The number of hydrogen-bond acceptors (Lipinski definition) is 5. The molecule has 22 heavy (non-hydrogen) atoms. The maximum atomic E-state index is 5.42. The Balaban J connectivity index is 1.84. The first kappa shape index (κ1) is 15.0. The van der Waals surface area contributed by atoms with Gasteiger partial charge in [0.1, 0.15) is 0 Å². The molecule has 0 unspecified atom stereocenters. The number of nitrogens with zero attached hydrogens (tertiary/aromatic N) is 4. The van der Waals surface area contributed by atoms with Crippen LogP contribution in [0.5, 0.6) is 5.88 Å². The third-order valence-electron chi connectivity index (χ3n) is 4.22. The number of methoxy groups -OCH3 is 2. The highest BCUT2D eigenvalue weighted by Gasteiger charge is 2.29. The van der Waals surface area contributed by atoms with E-state index in [2.05, 4.69) is 32.5 Å².